The van der Waals surface area contributed by atoms with E-state index in [1.165, 1.54) is 11.4 Å². The Morgan fingerprint density at radius 1 is 0.879 bits per heavy atom. The van der Waals surface area contributed by atoms with Crippen molar-refractivity contribution in [3.63, 3.8) is 0 Å². The topological polar surface area (TPSA) is 58.8 Å². The number of ether oxygens (including phenoxy) is 1. The minimum absolute atomic E-state index is 0.446. The number of hydrogen-bond acceptors (Lipinski definition) is 5. The van der Waals surface area contributed by atoms with Crippen molar-refractivity contribution >= 4 is 22.2 Å². The maximum Gasteiger partial charge on any atom is 0.119 e. The smallest absolute Gasteiger partial charge is 0.119 e. The molecule has 1 atom stereocenters. The summed E-state index contributed by atoms with van der Waals surface area (Å²) in [5, 5.41) is 0. The largest absolute Gasteiger partial charge is 0.494 e. The molecule has 0 spiro atoms. The normalized spacial score (nSPS) is 14.4. The summed E-state index contributed by atoms with van der Waals surface area (Å²) < 4.78 is 17.6. The van der Waals surface area contributed by atoms with Crippen molar-refractivity contribution in [2.45, 2.75) is 52.9 Å². The lowest BCUT2D eigenvalue weighted by atomic mass is 10.2. The van der Waals surface area contributed by atoms with Crippen LogP contribution in [0.1, 0.15) is 48.0 Å². The molecule has 186 valence electrons. The highest BCUT2D eigenvalue weighted by atomic mass is 32.2. The van der Waals surface area contributed by atoms with E-state index in [0.717, 1.165) is 49.2 Å². The zero-order valence-corrected chi connectivity index (χ0v) is 22.4. The molecule has 3 rings (SSSR count). The van der Waals surface area contributed by atoms with Crippen molar-refractivity contribution in [1.29, 1.82) is 0 Å². The quantitative estimate of drug-likeness (QED) is 0.568. The molecule has 6 heteroatoms. The zero-order chi connectivity index (χ0) is 24.6. The molecule has 1 aliphatic heterocycles. The van der Waals surface area contributed by atoms with E-state index in [-0.39, 0.29) is 0 Å². The fraction of sp³-hybridized carbons (Fsp3) is 0.556. The van der Waals surface area contributed by atoms with Gasteiger partial charge in [-0.1, -0.05) is 34.6 Å². The van der Waals surface area contributed by atoms with Crippen LogP contribution in [0.25, 0.3) is 0 Å². The molecule has 0 radical (unpaired) electrons. The molecule has 0 saturated carbocycles. The van der Waals surface area contributed by atoms with Gasteiger partial charge in [0.2, 0.25) is 0 Å². The first kappa shape index (κ1) is 29.0. The Balaban J connectivity index is 0.000000820. The molecule has 1 saturated heterocycles. The maximum absolute atomic E-state index is 12.1. The van der Waals surface area contributed by atoms with E-state index in [9.17, 15) is 4.21 Å². The minimum atomic E-state index is -0.996. The van der Waals surface area contributed by atoms with Gasteiger partial charge < -0.3 is 20.3 Å². The average Bonchev–Trinajstić information content (AvgIpc) is 3.07. The van der Waals surface area contributed by atoms with Gasteiger partial charge in [0.05, 0.1) is 17.4 Å². The van der Waals surface area contributed by atoms with Crippen molar-refractivity contribution < 1.29 is 8.95 Å². The Morgan fingerprint density at radius 2 is 1.33 bits per heavy atom. The monoisotopic (exact) mass is 475 g/mol. The number of nitrogens with two attached hydrogens (primary N) is 1. The van der Waals surface area contributed by atoms with E-state index in [0.29, 0.717) is 18.9 Å². The van der Waals surface area contributed by atoms with Crippen LogP contribution in [-0.2, 0) is 10.8 Å². The molecule has 0 aliphatic carbocycles. The lowest BCUT2D eigenvalue weighted by Gasteiger charge is -2.25. The van der Waals surface area contributed by atoms with Crippen LogP contribution in [0, 0.1) is 5.92 Å². The fourth-order valence-corrected chi connectivity index (χ4v) is 4.28. The van der Waals surface area contributed by atoms with Gasteiger partial charge >= 0.3 is 0 Å². The molecule has 33 heavy (non-hydrogen) atoms. The molecule has 1 fully saturated rings. The minimum Gasteiger partial charge on any atom is -0.494 e. The lowest BCUT2D eigenvalue weighted by Crippen LogP contribution is -2.30. The summed E-state index contributed by atoms with van der Waals surface area (Å²) in [6, 6.07) is 16.5. The van der Waals surface area contributed by atoms with Gasteiger partial charge in [-0.3, -0.25) is 4.21 Å². The van der Waals surface area contributed by atoms with Crippen LogP contribution in [0.3, 0.4) is 0 Å². The first-order chi connectivity index (χ1) is 15.9. The van der Waals surface area contributed by atoms with Crippen LogP contribution in [-0.4, -0.2) is 49.3 Å². The molecule has 0 amide bonds. The second kappa shape index (κ2) is 16.5. The third kappa shape index (κ3) is 10.6. The van der Waals surface area contributed by atoms with E-state index in [1.54, 1.807) is 0 Å². The van der Waals surface area contributed by atoms with Crippen LogP contribution in [0.2, 0.25) is 0 Å². The fourth-order valence-electron chi connectivity index (χ4n) is 3.39. The van der Waals surface area contributed by atoms with Gasteiger partial charge in [0.25, 0.3) is 0 Å². The third-order valence-corrected chi connectivity index (χ3v) is 6.18. The van der Waals surface area contributed by atoms with Crippen molar-refractivity contribution in [1.82, 2.24) is 0 Å². The summed E-state index contributed by atoms with van der Waals surface area (Å²) in [5.41, 5.74) is 7.94. The molecular formula is C27H45N3O2S. The van der Waals surface area contributed by atoms with Gasteiger partial charge in [0, 0.05) is 54.7 Å². The van der Waals surface area contributed by atoms with E-state index >= 15 is 0 Å². The van der Waals surface area contributed by atoms with Crippen molar-refractivity contribution in [3.8, 4) is 5.75 Å². The second-order valence-electron chi connectivity index (χ2n) is 8.32. The van der Waals surface area contributed by atoms with E-state index < -0.39 is 10.8 Å². The van der Waals surface area contributed by atoms with Crippen molar-refractivity contribution in [3.05, 3.63) is 48.5 Å². The van der Waals surface area contributed by atoms with E-state index in [1.807, 2.05) is 45.0 Å². The number of hydrogen-bond donors (Lipinski definition) is 1. The van der Waals surface area contributed by atoms with Gasteiger partial charge in [-0.05, 0) is 67.8 Å². The maximum atomic E-state index is 12.1. The predicted molar refractivity (Wildman–Crippen MR) is 145 cm³/mol. The zero-order valence-electron chi connectivity index (χ0n) is 21.5. The Kier molecular flexibility index (Phi) is 14.5. The molecule has 1 aliphatic rings. The molecule has 5 nitrogen and oxygen atoms in total. The average molecular weight is 476 g/mol. The van der Waals surface area contributed by atoms with Crippen LogP contribution in [0.5, 0.6) is 5.75 Å². The van der Waals surface area contributed by atoms with Gasteiger partial charge in [-0.25, -0.2) is 0 Å². The summed E-state index contributed by atoms with van der Waals surface area (Å²) in [6.45, 7) is 17.7. The van der Waals surface area contributed by atoms with Crippen molar-refractivity contribution in [2.75, 3.05) is 54.9 Å². The Hall–Kier alpha value is -2.05. The molecule has 0 aromatic heterocycles. The number of benzene rings is 2. The van der Waals surface area contributed by atoms with E-state index in [4.69, 9.17) is 10.5 Å². The molecule has 2 aromatic carbocycles. The molecular weight excluding hydrogens is 430 g/mol. The SMILES string of the molecule is CC.CC(C)C.CCOc1ccc(N2CCCN(c3ccc(S(=O)CCN)cc3)CC2)cc1. The molecule has 2 N–H and O–H groups in total. The van der Waals surface area contributed by atoms with Crippen LogP contribution < -0.4 is 20.3 Å². The summed E-state index contributed by atoms with van der Waals surface area (Å²) in [7, 11) is -0.996. The Morgan fingerprint density at radius 3 is 1.76 bits per heavy atom. The predicted octanol–water partition coefficient (Wildman–Crippen LogP) is 5.56. The van der Waals surface area contributed by atoms with Crippen LogP contribution >= 0.6 is 0 Å². The number of anilines is 2. The number of rotatable bonds is 7. The highest BCUT2D eigenvalue weighted by Crippen LogP contribution is 2.23. The summed E-state index contributed by atoms with van der Waals surface area (Å²) in [6.07, 6.45) is 1.11. The molecule has 2 aromatic rings. The Labute approximate surface area is 204 Å². The highest BCUT2D eigenvalue weighted by Gasteiger charge is 2.16. The lowest BCUT2D eigenvalue weighted by molar-refractivity contribution is 0.340. The Bertz CT molecular complexity index is 776. The number of nitrogens with zero attached hydrogens (tertiary/aromatic N) is 2. The first-order valence-electron chi connectivity index (χ1n) is 12.4. The van der Waals surface area contributed by atoms with Crippen LogP contribution in [0.15, 0.2) is 53.4 Å². The van der Waals surface area contributed by atoms with Crippen LogP contribution in [0.4, 0.5) is 11.4 Å². The van der Waals surface area contributed by atoms with E-state index in [2.05, 4.69) is 54.8 Å². The highest BCUT2D eigenvalue weighted by molar-refractivity contribution is 7.85. The van der Waals surface area contributed by atoms with Gasteiger partial charge in [0.1, 0.15) is 5.75 Å². The first-order valence-corrected chi connectivity index (χ1v) is 13.7. The van der Waals surface area contributed by atoms with Gasteiger partial charge in [0.15, 0.2) is 0 Å². The summed E-state index contributed by atoms with van der Waals surface area (Å²) in [4.78, 5) is 5.69. The van der Waals surface area contributed by atoms with Gasteiger partial charge in [-0.15, -0.1) is 0 Å². The molecule has 0 bridgehead atoms. The standard InChI is InChI=1S/C21H29N3O2S.C4H10.C2H6/c1-2-26-20-8-4-18(5-9-20)23-13-3-14-24(16-15-23)19-6-10-21(11-7-19)27(25)17-12-22;1-4(2)3;1-2/h4-11H,2-3,12-17,22H2,1H3;4H,1-3H3;1-2H3. The summed E-state index contributed by atoms with van der Waals surface area (Å²) >= 11 is 0. The van der Waals surface area contributed by atoms with Crippen molar-refractivity contribution in [2.24, 2.45) is 11.7 Å². The van der Waals surface area contributed by atoms with Gasteiger partial charge in [-0.2, -0.15) is 0 Å². The molecule has 1 heterocycles. The molecule has 1 unspecified atom stereocenters. The third-order valence-electron chi connectivity index (χ3n) is 4.78. The summed E-state index contributed by atoms with van der Waals surface area (Å²) in [5.74, 6) is 2.27. The second-order valence-corrected chi connectivity index (χ2v) is 9.89.